The zero-order chi connectivity index (χ0) is 12.3. The maximum Gasteiger partial charge on any atom is 0.0662 e. The van der Waals surface area contributed by atoms with Gasteiger partial charge in [0, 0.05) is 10.9 Å². The first kappa shape index (κ1) is 13.1. The molecule has 0 radical (unpaired) electrons. The fourth-order valence-electron chi connectivity index (χ4n) is 2.95. The Morgan fingerprint density at radius 2 is 1.82 bits per heavy atom. The van der Waals surface area contributed by atoms with Crippen molar-refractivity contribution in [2.75, 3.05) is 0 Å². The fourth-order valence-corrected chi connectivity index (χ4v) is 3.21. The number of aliphatic hydroxyl groups is 1. The highest BCUT2D eigenvalue weighted by Gasteiger charge is 2.27. The molecule has 1 aliphatic carbocycles. The van der Waals surface area contributed by atoms with Crippen molar-refractivity contribution in [2.24, 2.45) is 5.92 Å². The average Bonchev–Trinajstić information content (AvgIpc) is 2.73. The minimum atomic E-state index is -0.553. The maximum absolute atomic E-state index is 10.5. The molecule has 1 unspecified atom stereocenters. The fraction of sp³-hybridized carbons (Fsp3) is 0.600. The average molecular weight is 297 g/mol. The van der Waals surface area contributed by atoms with Crippen LogP contribution in [0.5, 0.6) is 0 Å². The molecule has 0 heterocycles. The van der Waals surface area contributed by atoms with Crippen LogP contribution in [-0.4, -0.2) is 10.7 Å². The highest BCUT2D eigenvalue weighted by Crippen LogP contribution is 2.33. The van der Waals surface area contributed by atoms with E-state index in [4.69, 9.17) is 0 Å². The first-order chi connectivity index (χ1) is 8.05. The summed E-state index contributed by atoms with van der Waals surface area (Å²) >= 11 is 3.43. The van der Waals surface area contributed by atoms with Crippen LogP contribution in [0.3, 0.4) is 0 Å². The lowest BCUT2D eigenvalue weighted by Crippen LogP contribution is -2.29. The SMILES string of the molecule is CC(O)(Cc1ccc(Br)cc1)CC1CCCC1. The summed E-state index contributed by atoms with van der Waals surface area (Å²) in [5, 5.41) is 10.5. The lowest BCUT2D eigenvalue weighted by Gasteiger charge is -2.26. The molecule has 0 amide bonds. The van der Waals surface area contributed by atoms with Crippen molar-refractivity contribution in [1.29, 1.82) is 0 Å². The molecule has 1 aromatic carbocycles. The van der Waals surface area contributed by atoms with Crippen molar-refractivity contribution in [1.82, 2.24) is 0 Å². The Morgan fingerprint density at radius 1 is 1.24 bits per heavy atom. The van der Waals surface area contributed by atoms with Crippen LogP contribution in [0.2, 0.25) is 0 Å². The van der Waals surface area contributed by atoms with E-state index in [0.29, 0.717) is 0 Å². The summed E-state index contributed by atoms with van der Waals surface area (Å²) in [6, 6.07) is 8.27. The van der Waals surface area contributed by atoms with Crippen molar-refractivity contribution in [3.63, 3.8) is 0 Å². The van der Waals surface area contributed by atoms with Crippen molar-refractivity contribution in [3.8, 4) is 0 Å². The van der Waals surface area contributed by atoms with Gasteiger partial charge in [-0.2, -0.15) is 0 Å². The van der Waals surface area contributed by atoms with Crippen LogP contribution in [0.25, 0.3) is 0 Å². The molecule has 2 heteroatoms. The molecule has 0 aliphatic heterocycles. The summed E-state index contributed by atoms with van der Waals surface area (Å²) in [6.45, 7) is 1.98. The lowest BCUT2D eigenvalue weighted by atomic mass is 9.86. The quantitative estimate of drug-likeness (QED) is 0.877. The number of halogens is 1. The van der Waals surface area contributed by atoms with Gasteiger partial charge < -0.3 is 5.11 Å². The van der Waals surface area contributed by atoms with E-state index in [1.807, 2.05) is 19.1 Å². The van der Waals surface area contributed by atoms with Gasteiger partial charge in [-0.25, -0.2) is 0 Å². The highest BCUT2D eigenvalue weighted by atomic mass is 79.9. The zero-order valence-corrected chi connectivity index (χ0v) is 12.0. The monoisotopic (exact) mass is 296 g/mol. The molecule has 1 aromatic rings. The van der Waals surface area contributed by atoms with Gasteiger partial charge in [0.05, 0.1) is 5.60 Å². The van der Waals surface area contributed by atoms with Gasteiger partial charge in [-0.1, -0.05) is 53.7 Å². The van der Waals surface area contributed by atoms with E-state index in [2.05, 4.69) is 28.1 Å². The number of rotatable bonds is 4. The minimum Gasteiger partial charge on any atom is -0.390 e. The third kappa shape index (κ3) is 4.11. The molecule has 0 bridgehead atoms. The van der Waals surface area contributed by atoms with Crippen LogP contribution < -0.4 is 0 Å². The molecule has 1 nitrogen and oxygen atoms in total. The highest BCUT2D eigenvalue weighted by molar-refractivity contribution is 9.10. The Kier molecular flexibility index (Phi) is 4.26. The Hall–Kier alpha value is -0.340. The predicted octanol–water partition coefficient (Wildman–Crippen LogP) is 4.32. The van der Waals surface area contributed by atoms with Crippen molar-refractivity contribution in [2.45, 2.75) is 51.0 Å². The molecule has 94 valence electrons. The molecule has 1 fully saturated rings. The molecule has 1 saturated carbocycles. The smallest absolute Gasteiger partial charge is 0.0662 e. The Morgan fingerprint density at radius 3 is 2.41 bits per heavy atom. The molecule has 1 N–H and O–H groups in total. The molecular weight excluding hydrogens is 276 g/mol. The van der Waals surface area contributed by atoms with E-state index in [0.717, 1.165) is 23.2 Å². The summed E-state index contributed by atoms with van der Waals surface area (Å²) < 4.78 is 1.09. The second kappa shape index (κ2) is 5.53. The Balaban J connectivity index is 1.93. The van der Waals surface area contributed by atoms with E-state index in [-0.39, 0.29) is 0 Å². The number of benzene rings is 1. The molecular formula is C15H21BrO. The van der Waals surface area contributed by atoms with Gasteiger partial charge in [-0.05, 0) is 37.0 Å². The predicted molar refractivity (Wildman–Crippen MR) is 75.0 cm³/mol. The normalized spacial score (nSPS) is 20.4. The molecule has 0 spiro atoms. The summed E-state index contributed by atoms with van der Waals surface area (Å²) in [6.07, 6.45) is 7.00. The van der Waals surface area contributed by atoms with Gasteiger partial charge in [0.25, 0.3) is 0 Å². The second-order valence-electron chi connectivity index (χ2n) is 5.65. The van der Waals surface area contributed by atoms with Gasteiger partial charge in [0.15, 0.2) is 0 Å². The molecule has 0 saturated heterocycles. The van der Waals surface area contributed by atoms with E-state index < -0.39 is 5.60 Å². The third-order valence-corrected chi connectivity index (χ3v) is 4.23. The van der Waals surface area contributed by atoms with E-state index >= 15 is 0 Å². The van der Waals surface area contributed by atoms with Gasteiger partial charge in [0.2, 0.25) is 0 Å². The molecule has 1 aliphatic rings. The van der Waals surface area contributed by atoms with Gasteiger partial charge in [-0.3, -0.25) is 0 Å². The van der Waals surface area contributed by atoms with Crippen LogP contribution in [0.4, 0.5) is 0 Å². The second-order valence-corrected chi connectivity index (χ2v) is 6.57. The van der Waals surface area contributed by atoms with Crippen LogP contribution >= 0.6 is 15.9 Å². The van der Waals surface area contributed by atoms with E-state index in [1.165, 1.54) is 31.2 Å². The summed E-state index contributed by atoms with van der Waals surface area (Å²) in [5.41, 5.74) is 0.666. The topological polar surface area (TPSA) is 20.2 Å². The standard InChI is InChI=1S/C15H21BrO/c1-15(17,10-12-4-2-3-5-12)11-13-6-8-14(16)9-7-13/h6-9,12,17H,2-5,10-11H2,1H3. The van der Waals surface area contributed by atoms with Crippen molar-refractivity contribution in [3.05, 3.63) is 34.3 Å². The molecule has 2 rings (SSSR count). The summed E-state index contributed by atoms with van der Waals surface area (Å²) in [4.78, 5) is 0. The van der Waals surface area contributed by atoms with E-state index in [9.17, 15) is 5.11 Å². The largest absolute Gasteiger partial charge is 0.390 e. The van der Waals surface area contributed by atoms with Crippen LogP contribution in [-0.2, 0) is 6.42 Å². The Bertz CT molecular complexity index is 350. The number of hydrogen-bond donors (Lipinski definition) is 1. The summed E-state index contributed by atoms with van der Waals surface area (Å²) in [7, 11) is 0. The van der Waals surface area contributed by atoms with Gasteiger partial charge in [0.1, 0.15) is 0 Å². The maximum atomic E-state index is 10.5. The van der Waals surface area contributed by atoms with Crippen molar-refractivity contribution >= 4 is 15.9 Å². The van der Waals surface area contributed by atoms with Crippen molar-refractivity contribution < 1.29 is 5.11 Å². The number of hydrogen-bond acceptors (Lipinski definition) is 1. The zero-order valence-electron chi connectivity index (χ0n) is 10.5. The first-order valence-corrected chi connectivity index (χ1v) is 7.31. The van der Waals surface area contributed by atoms with Gasteiger partial charge >= 0.3 is 0 Å². The molecule has 0 aromatic heterocycles. The van der Waals surface area contributed by atoms with Crippen LogP contribution in [0, 0.1) is 5.92 Å². The Labute approximate surface area is 112 Å². The lowest BCUT2D eigenvalue weighted by molar-refractivity contribution is 0.0348. The van der Waals surface area contributed by atoms with E-state index in [1.54, 1.807) is 0 Å². The van der Waals surface area contributed by atoms with Crippen LogP contribution in [0.15, 0.2) is 28.7 Å². The minimum absolute atomic E-state index is 0.553. The molecule has 17 heavy (non-hydrogen) atoms. The van der Waals surface area contributed by atoms with Gasteiger partial charge in [-0.15, -0.1) is 0 Å². The molecule has 1 atom stereocenters. The first-order valence-electron chi connectivity index (χ1n) is 6.52. The summed E-state index contributed by atoms with van der Waals surface area (Å²) in [5.74, 6) is 0.737. The van der Waals surface area contributed by atoms with Crippen LogP contribution in [0.1, 0.15) is 44.6 Å². The third-order valence-electron chi connectivity index (χ3n) is 3.70.